The van der Waals surface area contributed by atoms with Crippen molar-refractivity contribution in [1.29, 1.82) is 0 Å². The van der Waals surface area contributed by atoms with E-state index >= 15 is 0 Å². The van der Waals surface area contributed by atoms with Gasteiger partial charge in [0.15, 0.2) is 0 Å². The predicted molar refractivity (Wildman–Crippen MR) is 76.1 cm³/mol. The predicted octanol–water partition coefficient (Wildman–Crippen LogP) is 1.92. The quantitative estimate of drug-likeness (QED) is 0.848. The molecule has 1 aliphatic heterocycles. The third kappa shape index (κ3) is 2.88. The van der Waals surface area contributed by atoms with Crippen molar-refractivity contribution in [3.8, 4) is 0 Å². The van der Waals surface area contributed by atoms with Crippen molar-refractivity contribution in [3.05, 3.63) is 24.0 Å². The summed E-state index contributed by atoms with van der Waals surface area (Å²) in [4.78, 5) is -0.143. The summed E-state index contributed by atoms with van der Waals surface area (Å²) < 4.78 is 39.7. The molecule has 0 aromatic heterocycles. The molecule has 1 aromatic rings. The lowest BCUT2D eigenvalue weighted by Crippen LogP contribution is -2.46. The van der Waals surface area contributed by atoms with Gasteiger partial charge in [-0.2, -0.15) is 16.1 Å². The summed E-state index contributed by atoms with van der Waals surface area (Å²) in [6.07, 6.45) is 0. The summed E-state index contributed by atoms with van der Waals surface area (Å²) in [5.41, 5.74) is 5.25. The van der Waals surface area contributed by atoms with E-state index in [9.17, 15) is 12.8 Å². The van der Waals surface area contributed by atoms with Crippen LogP contribution in [0.3, 0.4) is 0 Å². The van der Waals surface area contributed by atoms with E-state index in [1.54, 1.807) is 11.8 Å². The molecule has 4 nitrogen and oxygen atoms in total. The normalized spacial score (nSPS) is 20.4. The smallest absolute Gasteiger partial charge is 0.245 e. The molecule has 0 atom stereocenters. The van der Waals surface area contributed by atoms with Gasteiger partial charge in [-0.25, -0.2) is 12.8 Å². The van der Waals surface area contributed by atoms with Gasteiger partial charge in [-0.05, 0) is 26.0 Å². The van der Waals surface area contributed by atoms with Crippen molar-refractivity contribution in [3.63, 3.8) is 0 Å². The van der Waals surface area contributed by atoms with E-state index in [1.807, 2.05) is 13.8 Å². The van der Waals surface area contributed by atoms with Crippen LogP contribution in [0.25, 0.3) is 0 Å². The molecular formula is C12H17FN2O2S2. The molecule has 19 heavy (non-hydrogen) atoms. The topological polar surface area (TPSA) is 63.4 Å². The van der Waals surface area contributed by atoms with Gasteiger partial charge in [-0.3, -0.25) is 0 Å². The molecule has 0 radical (unpaired) electrons. The van der Waals surface area contributed by atoms with Gasteiger partial charge in [0, 0.05) is 23.6 Å². The molecule has 106 valence electrons. The van der Waals surface area contributed by atoms with Gasteiger partial charge in [0.25, 0.3) is 0 Å². The average Bonchev–Trinajstić information content (AvgIpc) is 2.31. The first-order valence-electron chi connectivity index (χ1n) is 5.92. The number of thioether (sulfide) groups is 1. The maximum absolute atomic E-state index is 13.4. The highest BCUT2D eigenvalue weighted by molar-refractivity contribution is 8.00. The summed E-state index contributed by atoms with van der Waals surface area (Å²) >= 11 is 1.73. The zero-order valence-corrected chi connectivity index (χ0v) is 12.5. The number of nitrogens with zero attached hydrogens (tertiary/aromatic N) is 1. The van der Waals surface area contributed by atoms with E-state index in [-0.39, 0.29) is 15.3 Å². The van der Waals surface area contributed by atoms with E-state index < -0.39 is 15.8 Å². The Bertz CT molecular complexity index is 587. The van der Waals surface area contributed by atoms with Crippen molar-refractivity contribution in [2.75, 3.05) is 24.6 Å². The van der Waals surface area contributed by atoms with Crippen LogP contribution in [0, 0.1) is 5.82 Å². The summed E-state index contributed by atoms with van der Waals surface area (Å²) in [7, 11) is -3.73. The number of sulfonamides is 1. The maximum Gasteiger partial charge on any atom is 0.245 e. The minimum Gasteiger partial charge on any atom is -0.395 e. The first-order chi connectivity index (χ1) is 8.74. The van der Waals surface area contributed by atoms with Gasteiger partial charge in [-0.15, -0.1) is 0 Å². The molecule has 0 spiro atoms. The van der Waals surface area contributed by atoms with Gasteiger partial charge in [0.2, 0.25) is 10.0 Å². The number of para-hydroxylation sites is 1. The van der Waals surface area contributed by atoms with Gasteiger partial charge >= 0.3 is 0 Å². The molecule has 1 heterocycles. The molecule has 1 saturated heterocycles. The fourth-order valence-electron chi connectivity index (χ4n) is 2.06. The highest BCUT2D eigenvalue weighted by Crippen LogP contribution is 2.33. The Morgan fingerprint density at radius 3 is 2.74 bits per heavy atom. The van der Waals surface area contributed by atoms with Crippen LogP contribution >= 0.6 is 11.8 Å². The highest BCUT2D eigenvalue weighted by Gasteiger charge is 2.35. The molecular weight excluding hydrogens is 287 g/mol. The minimum atomic E-state index is -3.73. The molecule has 0 bridgehead atoms. The van der Waals surface area contributed by atoms with Crippen LogP contribution < -0.4 is 5.73 Å². The van der Waals surface area contributed by atoms with Crippen molar-refractivity contribution in [2.45, 2.75) is 23.5 Å². The largest absolute Gasteiger partial charge is 0.395 e. The molecule has 0 saturated carbocycles. The SMILES string of the molecule is CC1(C)CN(S(=O)(=O)c2cccc(F)c2N)CCS1. The number of halogens is 1. The first kappa shape index (κ1) is 14.6. The zero-order chi connectivity index (χ0) is 14.3. The van der Waals surface area contributed by atoms with Crippen LogP contribution in [0.2, 0.25) is 0 Å². The fraction of sp³-hybridized carbons (Fsp3) is 0.500. The Morgan fingerprint density at radius 2 is 2.11 bits per heavy atom. The molecule has 0 amide bonds. The number of anilines is 1. The van der Waals surface area contributed by atoms with Crippen LogP contribution in [0.1, 0.15) is 13.8 Å². The Hall–Kier alpha value is -0.790. The standard InChI is InChI=1S/C12H17FN2O2S2/c1-12(2)8-15(6-7-18-12)19(16,17)10-5-3-4-9(13)11(10)14/h3-5H,6-8,14H2,1-2H3. The maximum atomic E-state index is 13.4. The summed E-state index contributed by atoms with van der Waals surface area (Å²) in [5, 5.41) is 0. The first-order valence-corrected chi connectivity index (χ1v) is 8.35. The molecule has 2 rings (SSSR count). The van der Waals surface area contributed by atoms with E-state index in [0.717, 1.165) is 11.8 Å². The van der Waals surface area contributed by atoms with E-state index in [2.05, 4.69) is 0 Å². The third-order valence-electron chi connectivity index (χ3n) is 3.02. The van der Waals surface area contributed by atoms with Crippen LogP contribution in [-0.2, 0) is 10.0 Å². The van der Waals surface area contributed by atoms with Crippen LogP contribution in [0.4, 0.5) is 10.1 Å². The number of nitrogens with two attached hydrogens (primary N) is 1. The highest BCUT2D eigenvalue weighted by atomic mass is 32.2. The monoisotopic (exact) mass is 304 g/mol. The fourth-order valence-corrected chi connectivity index (χ4v) is 5.10. The summed E-state index contributed by atoms with van der Waals surface area (Å²) in [5.74, 6) is 0.0215. The van der Waals surface area contributed by atoms with Crippen molar-refractivity contribution in [1.82, 2.24) is 4.31 Å². The molecule has 1 aromatic carbocycles. The third-order valence-corrected chi connectivity index (χ3v) is 6.22. The van der Waals surface area contributed by atoms with E-state index in [0.29, 0.717) is 13.1 Å². The van der Waals surface area contributed by atoms with Gasteiger partial charge < -0.3 is 5.73 Å². The Balaban J connectivity index is 2.40. The van der Waals surface area contributed by atoms with Gasteiger partial charge in [0.05, 0.1) is 5.69 Å². The molecule has 0 aliphatic carbocycles. The van der Waals surface area contributed by atoms with Crippen molar-refractivity contribution < 1.29 is 12.8 Å². The van der Waals surface area contributed by atoms with E-state index in [4.69, 9.17) is 5.73 Å². The lowest BCUT2D eigenvalue weighted by atomic mass is 10.2. The number of hydrogen-bond acceptors (Lipinski definition) is 4. The molecule has 7 heteroatoms. The number of benzene rings is 1. The second kappa shape index (κ2) is 4.96. The number of rotatable bonds is 2. The summed E-state index contributed by atoms with van der Waals surface area (Å²) in [6, 6.07) is 3.87. The van der Waals surface area contributed by atoms with Crippen molar-refractivity contribution in [2.24, 2.45) is 0 Å². The molecule has 1 aliphatic rings. The van der Waals surface area contributed by atoms with Crippen molar-refractivity contribution >= 4 is 27.5 Å². The van der Waals surface area contributed by atoms with Gasteiger partial charge in [0.1, 0.15) is 10.7 Å². The molecule has 0 unspecified atom stereocenters. The second-order valence-electron chi connectivity index (χ2n) is 5.10. The van der Waals surface area contributed by atoms with Crippen LogP contribution in [0.5, 0.6) is 0 Å². The lowest BCUT2D eigenvalue weighted by Gasteiger charge is -2.36. The van der Waals surface area contributed by atoms with E-state index in [1.165, 1.54) is 16.4 Å². The van der Waals surface area contributed by atoms with Crippen LogP contribution in [0.15, 0.2) is 23.1 Å². The Labute approximate surface area is 117 Å². The second-order valence-corrected chi connectivity index (χ2v) is 8.81. The Morgan fingerprint density at radius 1 is 1.42 bits per heavy atom. The summed E-state index contributed by atoms with van der Waals surface area (Å²) in [6.45, 7) is 4.81. The zero-order valence-electron chi connectivity index (χ0n) is 10.9. The Kier molecular flexibility index (Phi) is 3.81. The molecule has 1 fully saturated rings. The van der Waals surface area contributed by atoms with Gasteiger partial charge in [-0.1, -0.05) is 6.07 Å². The lowest BCUT2D eigenvalue weighted by molar-refractivity contribution is 0.387. The van der Waals surface area contributed by atoms with Crippen LogP contribution in [-0.4, -0.2) is 36.3 Å². The average molecular weight is 304 g/mol. The molecule has 2 N–H and O–H groups in total. The number of hydrogen-bond donors (Lipinski definition) is 1. The minimum absolute atomic E-state index is 0.143. The number of nitrogen functional groups attached to an aromatic ring is 1.